The Morgan fingerprint density at radius 1 is 1.13 bits per heavy atom. The maximum Gasteiger partial charge on any atom is 0.329 e. The summed E-state index contributed by atoms with van der Waals surface area (Å²) in [4.78, 5) is 13.2. The van der Waals surface area contributed by atoms with Crippen LogP contribution in [-0.4, -0.2) is 18.1 Å². The summed E-state index contributed by atoms with van der Waals surface area (Å²) in [5.74, 6) is 0.665. The Morgan fingerprint density at radius 3 is 2.40 bits per heavy atom. The van der Waals surface area contributed by atoms with E-state index < -0.39 is 6.04 Å². The molecule has 0 aromatic heterocycles. The van der Waals surface area contributed by atoms with Gasteiger partial charge in [0, 0.05) is 11.6 Å². The van der Waals surface area contributed by atoms with Crippen LogP contribution in [0, 0.1) is 11.8 Å². The van der Waals surface area contributed by atoms with Crippen molar-refractivity contribution in [3.8, 4) is 0 Å². The monoisotopic (exact) mass is 405 g/mol. The summed E-state index contributed by atoms with van der Waals surface area (Å²) in [7, 11) is 0. The third-order valence-electron chi connectivity index (χ3n) is 6.57. The van der Waals surface area contributed by atoms with E-state index in [1.807, 2.05) is 30.3 Å². The number of benzene rings is 2. The summed E-state index contributed by atoms with van der Waals surface area (Å²) in [5.41, 5.74) is 2.16. The predicted molar refractivity (Wildman–Crippen MR) is 125 cm³/mol. The lowest BCUT2D eigenvalue weighted by Gasteiger charge is -2.44. The van der Waals surface area contributed by atoms with E-state index >= 15 is 0 Å². The molecule has 0 spiro atoms. The Hall–Kier alpha value is -2.55. The smallest absolute Gasteiger partial charge is 0.329 e. The summed E-state index contributed by atoms with van der Waals surface area (Å²) in [5, 5.41) is 3.32. The number of nitrogens with one attached hydrogen (secondary N) is 1. The molecule has 160 valence electrons. The molecular formula is C27H35NO2. The molecule has 0 saturated heterocycles. The molecule has 0 aliphatic heterocycles. The predicted octanol–water partition coefficient (Wildman–Crippen LogP) is 6.37. The highest BCUT2D eigenvalue weighted by atomic mass is 16.5. The quantitative estimate of drug-likeness (QED) is 0.410. The van der Waals surface area contributed by atoms with Gasteiger partial charge in [-0.2, -0.15) is 0 Å². The molecule has 4 atom stereocenters. The molecule has 1 saturated carbocycles. The molecule has 3 nitrogen and oxygen atoms in total. The van der Waals surface area contributed by atoms with E-state index in [1.54, 1.807) is 6.08 Å². The second-order valence-electron chi connectivity index (χ2n) is 9.18. The van der Waals surface area contributed by atoms with E-state index in [0.717, 1.165) is 18.5 Å². The fourth-order valence-corrected chi connectivity index (χ4v) is 4.71. The van der Waals surface area contributed by atoms with Crippen molar-refractivity contribution in [3.05, 3.63) is 78.9 Å². The fraction of sp³-hybridized carbons (Fsp3) is 0.444. The third-order valence-corrected chi connectivity index (χ3v) is 6.57. The van der Waals surface area contributed by atoms with Gasteiger partial charge >= 0.3 is 5.97 Å². The SMILES string of the molecule is C=CC[C@@H](Nc1ccccc1)C(=O)O[C@@H]1C[C@H](C)CC[C@H]1C(C)(C)c1ccccc1. The molecule has 30 heavy (non-hydrogen) atoms. The minimum atomic E-state index is -0.428. The number of carbonyl (C=O) groups excluding carboxylic acids is 1. The van der Waals surface area contributed by atoms with Crippen LogP contribution in [0.1, 0.15) is 52.0 Å². The molecule has 0 unspecified atom stereocenters. The second kappa shape index (κ2) is 9.97. The normalized spacial score (nSPS) is 22.7. The average Bonchev–Trinajstić information content (AvgIpc) is 2.74. The largest absolute Gasteiger partial charge is 0.461 e. The molecule has 0 bridgehead atoms. The summed E-state index contributed by atoms with van der Waals surface area (Å²) in [6.45, 7) is 10.7. The number of esters is 1. The van der Waals surface area contributed by atoms with Crippen LogP contribution in [0.5, 0.6) is 0 Å². The lowest BCUT2D eigenvalue weighted by atomic mass is 9.64. The van der Waals surface area contributed by atoms with Crippen LogP contribution >= 0.6 is 0 Å². The van der Waals surface area contributed by atoms with Gasteiger partial charge in [-0.3, -0.25) is 0 Å². The zero-order valence-corrected chi connectivity index (χ0v) is 18.5. The molecule has 2 aromatic rings. The van der Waals surface area contributed by atoms with Gasteiger partial charge in [0.25, 0.3) is 0 Å². The molecule has 1 aliphatic carbocycles. The Balaban J connectivity index is 1.78. The van der Waals surface area contributed by atoms with Crippen molar-refractivity contribution in [2.24, 2.45) is 11.8 Å². The second-order valence-corrected chi connectivity index (χ2v) is 9.18. The van der Waals surface area contributed by atoms with Crippen LogP contribution in [0.15, 0.2) is 73.3 Å². The number of rotatable bonds is 8. The number of hydrogen-bond donors (Lipinski definition) is 1. The van der Waals surface area contributed by atoms with Crippen molar-refractivity contribution in [3.63, 3.8) is 0 Å². The Bertz CT molecular complexity index is 815. The van der Waals surface area contributed by atoms with Gasteiger partial charge in [-0.15, -0.1) is 6.58 Å². The maximum absolute atomic E-state index is 13.2. The van der Waals surface area contributed by atoms with Crippen LogP contribution in [0.4, 0.5) is 5.69 Å². The van der Waals surface area contributed by atoms with Gasteiger partial charge in [-0.1, -0.05) is 81.8 Å². The minimum Gasteiger partial charge on any atom is -0.461 e. The van der Waals surface area contributed by atoms with Crippen molar-refractivity contribution < 1.29 is 9.53 Å². The van der Waals surface area contributed by atoms with Crippen molar-refractivity contribution in [2.75, 3.05) is 5.32 Å². The average molecular weight is 406 g/mol. The third kappa shape index (κ3) is 5.33. The maximum atomic E-state index is 13.2. The van der Waals surface area contributed by atoms with Crippen molar-refractivity contribution in [1.82, 2.24) is 0 Å². The Morgan fingerprint density at radius 2 is 1.77 bits per heavy atom. The molecule has 3 rings (SSSR count). The highest BCUT2D eigenvalue weighted by Crippen LogP contribution is 2.43. The molecule has 3 heteroatoms. The van der Waals surface area contributed by atoms with E-state index in [0.29, 0.717) is 18.3 Å². The fourth-order valence-electron chi connectivity index (χ4n) is 4.71. The molecule has 1 aliphatic rings. The summed E-state index contributed by atoms with van der Waals surface area (Å²) < 4.78 is 6.22. The molecule has 0 amide bonds. The van der Waals surface area contributed by atoms with Crippen molar-refractivity contribution in [1.29, 1.82) is 0 Å². The van der Waals surface area contributed by atoms with Crippen LogP contribution in [0.2, 0.25) is 0 Å². The standard InChI is InChI=1S/C27H35NO2/c1-5-12-24(28-22-15-10-7-11-16-22)26(29)30-25-19-20(2)17-18-23(25)27(3,4)21-13-8-6-9-14-21/h5-11,13-16,20,23-25,28H,1,12,17-19H2,2-4H3/t20-,23-,24-,25-/m1/s1. The van der Waals surface area contributed by atoms with Gasteiger partial charge in [0.2, 0.25) is 0 Å². The van der Waals surface area contributed by atoms with Gasteiger partial charge in [0.15, 0.2) is 0 Å². The first-order valence-electron chi connectivity index (χ1n) is 11.1. The van der Waals surface area contributed by atoms with Gasteiger partial charge in [0.05, 0.1) is 0 Å². The van der Waals surface area contributed by atoms with Crippen LogP contribution in [0.25, 0.3) is 0 Å². The first-order valence-corrected chi connectivity index (χ1v) is 11.1. The first kappa shape index (κ1) is 22.1. The number of ether oxygens (including phenoxy) is 1. The van der Waals surface area contributed by atoms with Crippen LogP contribution in [-0.2, 0) is 14.9 Å². The van der Waals surface area contributed by atoms with E-state index in [-0.39, 0.29) is 17.5 Å². The van der Waals surface area contributed by atoms with Crippen molar-refractivity contribution in [2.45, 2.75) is 64.0 Å². The van der Waals surface area contributed by atoms with Gasteiger partial charge in [-0.05, 0) is 48.3 Å². The van der Waals surface area contributed by atoms with Crippen LogP contribution < -0.4 is 5.32 Å². The van der Waals surface area contributed by atoms with E-state index in [9.17, 15) is 4.79 Å². The van der Waals surface area contributed by atoms with E-state index in [2.05, 4.69) is 63.0 Å². The minimum absolute atomic E-state index is 0.0624. The van der Waals surface area contributed by atoms with Gasteiger partial charge < -0.3 is 10.1 Å². The van der Waals surface area contributed by atoms with Gasteiger partial charge in [-0.25, -0.2) is 4.79 Å². The number of hydrogen-bond acceptors (Lipinski definition) is 3. The Labute approximate surface area is 181 Å². The van der Waals surface area contributed by atoms with Gasteiger partial charge in [0.1, 0.15) is 12.1 Å². The van der Waals surface area contributed by atoms with Crippen LogP contribution in [0.3, 0.4) is 0 Å². The lowest BCUT2D eigenvalue weighted by Crippen LogP contribution is -2.45. The molecule has 0 radical (unpaired) electrons. The number of para-hydroxylation sites is 1. The number of carbonyl (C=O) groups is 1. The molecule has 2 aromatic carbocycles. The van der Waals surface area contributed by atoms with Crippen molar-refractivity contribution >= 4 is 11.7 Å². The summed E-state index contributed by atoms with van der Waals surface area (Å²) in [6, 6.07) is 20.0. The molecule has 0 heterocycles. The molecule has 1 N–H and O–H groups in total. The first-order chi connectivity index (χ1) is 14.4. The number of anilines is 1. The zero-order valence-electron chi connectivity index (χ0n) is 18.5. The molecular weight excluding hydrogens is 370 g/mol. The molecule has 1 fully saturated rings. The summed E-state index contributed by atoms with van der Waals surface area (Å²) >= 11 is 0. The topological polar surface area (TPSA) is 38.3 Å². The summed E-state index contributed by atoms with van der Waals surface area (Å²) in [6.07, 6.45) is 5.38. The van der Waals surface area contributed by atoms with E-state index in [1.165, 1.54) is 12.0 Å². The highest BCUT2D eigenvalue weighted by Gasteiger charge is 2.42. The lowest BCUT2D eigenvalue weighted by molar-refractivity contribution is -0.157. The van der Waals surface area contributed by atoms with E-state index in [4.69, 9.17) is 4.74 Å². The Kier molecular flexibility index (Phi) is 7.36. The highest BCUT2D eigenvalue weighted by molar-refractivity contribution is 5.79. The zero-order chi connectivity index (χ0) is 21.6.